The second-order valence-electron chi connectivity index (χ2n) is 5.12. The lowest BCUT2D eigenvalue weighted by Gasteiger charge is -2.27. The van der Waals surface area contributed by atoms with Gasteiger partial charge in [-0.15, -0.1) is 0 Å². The van der Waals surface area contributed by atoms with E-state index >= 15 is 0 Å². The molecule has 0 spiro atoms. The molecule has 0 saturated carbocycles. The van der Waals surface area contributed by atoms with Crippen LogP contribution in [0.15, 0.2) is 18.2 Å². The van der Waals surface area contributed by atoms with Crippen molar-refractivity contribution in [1.29, 1.82) is 0 Å². The number of nitrogens with one attached hydrogen (secondary N) is 1. The molecule has 0 unspecified atom stereocenters. The highest BCUT2D eigenvalue weighted by Gasteiger charge is 2.16. The summed E-state index contributed by atoms with van der Waals surface area (Å²) in [5.74, 6) is -0.000511. The summed E-state index contributed by atoms with van der Waals surface area (Å²) in [5.41, 5.74) is 7.86. The van der Waals surface area contributed by atoms with E-state index in [1.807, 2.05) is 12.1 Å². The van der Waals surface area contributed by atoms with Crippen LogP contribution >= 0.6 is 0 Å². The van der Waals surface area contributed by atoms with Crippen molar-refractivity contribution in [1.82, 2.24) is 0 Å². The Hall–Kier alpha value is -1.51. The molecule has 0 amide bonds. The Balaban J connectivity index is 2.93. The van der Waals surface area contributed by atoms with E-state index in [-0.39, 0.29) is 11.3 Å². The first-order valence-electron chi connectivity index (χ1n) is 6.04. The molecular formula is C14H22N2O. The average molecular weight is 234 g/mol. The van der Waals surface area contributed by atoms with Crippen LogP contribution in [0.3, 0.4) is 0 Å². The van der Waals surface area contributed by atoms with Gasteiger partial charge in [-0.25, -0.2) is 0 Å². The minimum atomic E-state index is -0.000511. The minimum Gasteiger partial charge on any atom is -0.398 e. The van der Waals surface area contributed by atoms with Crippen molar-refractivity contribution in [2.75, 3.05) is 11.1 Å². The Morgan fingerprint density at radius 3 is 2.59 bits per heavy atom. The number of ketones is 1. The van der Waals surface area contributed by atoms with Gasteiger partial charge in [0, 0.05) is 22.5 Å². The quantitative estimate of drug-likeness (QED) is 0.606. The fraction of sp³-hybridized carbons (Fsp3) is 0.500. The van der Waals surface area contributed by atoms with Gasteiger partial charge in [-0.2, -0.15) is 0 Å². The summed E-state index contributed by atoms with van der Waals surface area (Å²) in [6.45, 7) is 8.00. The summed E-state index contributed by atoms with van der Waals surface area (Å²) >= 11 is 0. The Kier molecular flexibility index (Phi) is 4.16. The molecule has 1 rings (SSSR count). The highest BCUT2D eigenvalue weighted by molar-refractivity contribution is 6.00. The molecule has 0 radical (unpaired) electrons. The monoisotopic (exact) mass is 234 g/mol. The zero-order valence-corrected chi connectivity index (χ0v) is 11.1. The number of hydrogen-bond acceptors (Lipinski definition) is 3. The maximum Gasteiger partial charge on any atom is 0.161 e. The van der Waals surface area contributed by atoms with Crippen LogP contribution in [0, 0.1) is 0 Å². The molecule has 17 heavy (non-hydrogen) atoms. The molecule has 1 aromatic rings. The van der Waals surface area contributed by atoms with Gasteiger partial charge in [0.05, 0.1) is 0 Å². The molecule has 3 heteroatoms. The Morgan fingerprint density at radius 2 is 2.06 bits per heavy atom. The lowest BCUT2D eigenvalue weighted by molar-refractivity contribution is 0.101. The maximum atomic E-state index is 11.4. The first-order chi connectivity index (χ1) is 7.85. The summed E-state index contributed by atoms with van der Waals surface area (Å²) in [7, 11) is 0. The second kappa shape index (κ2) is 5.21. The molecular weight excluding hydrogens is 212 g/mol. The number of rotatable bonds is 5. The third-order valence-corrected chi connectivity index (χ3v) is 2.79. The summed E-state index contributed by atoms with van der Waals surface area (Å²) in [4.78, 5) is 11.4. The van der Waals surface area contributed by atoms with Crippen molar-refractivity contribution in [3.05, 3.63) is 23.8 Å². The molecule has 94 valence electrons. The van der Waals surface area contributed by atoms with Crippen molar-refractivity contribution in [3.8, 4) is 0 Å². The zero-order valence-electron chi connectivity index (χ0n) is 11.1. The molecule has 0 aliphatic carbocycles. The first-order valence-corrected chi connectivity index (χ1v) is 6.04. The fourth-order valence-electron chi connectivity index (χ4n) is 2.02. The number of benzene rings is 1. The SMILES string of the molecule is CCCC(C)(C)Nc1ccc(N)c(C(C)=O)c1. The van der Waals surface area contributed by atoms with E-state index < -0.39 is 0 Å². The number of hydrogen-bond donors (Lipinski definition) is 2. The van der Waals surface area contributed by atoms with E-state index in [1.54, 1.807) is 6.07 Å². The van der Waals surface area contributed by atoms with Crippen molar-refractivity contribution in [2.24, 2.45) is 0 Å². The van der Waals surface area contributed by atoms with Gasteiger partial charge in [0.1, 0.15) is 0 Å². The van der Waals surface area contributed by atoms with Gasteiger partial charge in [0.2, 0.25) is 0 Å². The average Bonchev–Trinajstić information content (AvgIpc) is 2.20. The fourth-order valence-corrected chi connectivity index (χ4v) is 2.02. The van der Waals surface area contributed by atoms with Crippen LogP contribution in [0.4, 0.5) is 11.4 Å². The van der Waals surface area contributed by atoms with E-state index in [1.165, 1.54) is 6.92 Å². The first kappa shape index (κ1) is 13.6. The van der Waals surface area contributed by atoms with E-state index in [0.717, 1.165) is 18.5 Å². The Bertz CT molecular complexity index is 411. The van der Waals surface area contributed by atoms with Crippen LogP contribution in [0.25, 0.3) is 0 Å². The molecule has 0 fully saturated rings. The summed E-state index contributed by atoms with van der Waals surface area (Å²) in [6, 6.07) is 5.52. The third-order valence-electron chi connectivity index (χ3n) is 2.79. The van der Waals surface area contributed by atoms with Crippen LogP contribution in [-0.2, 0) is 0 Å². The Morgan fingerprint density at radius 1 is 1.41 bits per heavy atom. The summed E-state index contributed by atoms with van der Waals surface area (Å²) in [6.07, 6.45) is 2.20. The van der Waals surface area contributed by atoms with Crippen LogP contribution in [-0.4, -0.2) is 11.3 Å². The largest absolute Gasteiger partial charge is 0.398 e. The highest BCUT2D eigenvalue weighted by Crippen LogP contribution is 2.23. The summed E-state index contributed by atoms with van der Waals surface area (Å²) in [5, 5.41) is 3.43. The number of anilines is 2. The molecule has 3 N–H and O–H groups in total. The van der Waals surface area contributed by atoms with Gasteiger partial charge in [-0.1, -0.05) is 13.3 Å². The molecule has 0 heterocycles. The van der Waals surface area contributed by atoms with Crippen LogP contribution < -0.4 is 11.1 Å². The van der Waals surface area contributed by atoms with E-state index in [9.17, 15) is 4.79 Å². The number of carbonyl (C=O) groups is 1. The molecule has 0 aliphatic rings. The predicted molar refractivity (Wildman–Crippen MR) is 73.5 cm³/mol. The summed E-state index contributed by atoms with van der Waals surface area (Å²) < 4.78 is 0. The minimum absolute atomic E-state index is 0.000511. The van der Waals surface area contributed by atoms with Crippen molar-refractivity contribution in [3.63, 3.8) is 0 Å². The highest BCUT2D eigenvalue weighted by atomic mass is 16.1. The zero-order chi connectivity index (χ0) is 13.1. The molecule has 0 aromatic heterocycles. The molecule has 1 aromatic carbocycles. The van der Waals surface area contributed by atoms with Crippen molar-refractivity contribution in [2.45, 2.75) is 46.1 Å². The van der Waals surface area contributed by atoms with Gasteiger partial charge in [0.15, 0.2) is 5.78 Å². The number of nitrogens with two attached hydrogens (primary N) is 1. The molecule has 0 aliphatic heterocycles. The van der Waals surface area contributed by atoms with Gasteiger partial charge >= 0.3 is 0 Å². The van der Waals surface area contributed by atoms with E-state index in [0.29, 0.717) is 11.3 Å². The molecule has 0 atom stereocenters. The van der Waals surface area contributed by atoms with Crippen LogP contribution in [0.1, 0.15) is 50.9 Å². The normalized spacial score (nSPS) is 11.3. The lowest BCUT2D eigenvalue weighted by atomic mass is 9.98. The smallest absolute Gasteiger partial charge is 0.161 e. The number of nitrogen functional groups attached to an aromatic ring is 1. The lowest BCUT2D eigenvalue weighted by Crippen LogP contribution is -2.30. The Labute approximate surface area is 103 Å². The molecule has 3 nitrogen and oxygen atoms in total. The van der Waals surface area contributed by atoms with Crippen molar-refractivity contribution >= 4 is 17.2 Å². The van der Waals surface area contributed by atoms with Gasteiger partial charge in [-0.05, 0) is 45.4 Å². The third kappa shape index (κ3) is 3.77. The number of Topliss-reactive ketones (excluding diaryl/α,β-unsaturated/α-hetero) is 1. The number of carbonyl (C=O) groups excluding carboxylic acids is 1. The van der Waals surface area contributed by atoms with Gasteiger partial charge in [0.25, 0.3) is 0 Å². The van der Waals surface area contributed by atoms with Gasteiger partial charge < -0.3 is 11.1 Å². The maximum absolute atomic E-state index is 11.4. The molecule has 0 saturated heterocycles. The standard InChI is InChI=1S/C14H22N2O/c1-5-8-14(3,4)16-11-6-7-13(15)12(9-11)10(2)17/h6-7,9,16H,5,8,15H2,1-4H3. The van der Waals surface area contributed by atoms with Crippen LogP contribution in [0.2, 0.25) is 0 Å². The predicted octanol–water partition coefficient (Wildman–Crippen LogP) is 3.46. The van der Waals surface area contributed by atoms with E-state index in [2.05, 4.69) is 26.1 Å². The molecule has 0 bridgehead atoms. The topological polar surface area (TPSA) is 55.1 Å². The van der Waals surface area contributed by atoms with Gasteiger partial charge in [-0.3, -0.25) is 4.79 Å². The van der Waals surface area contributed by atoms with E-state index in [4.69, 9.17) is 5.73 Å². The van der Waals surface area contributed by atoms with Crippen LogP contribution in [0.5, 0.6) is 0 Å². The second-order valence-corrected chi connectivity index (χ2v) is 5.12. The van der Waals surface area contributed by atoms with Crippen molar-refractivity contribution < 1.29 is 4.79 Å².